The van der Waals surface area contributed by atoms with Crippen LogP contribution in [0.3, 0.4) is 0 Å². The van der Waals surface area contributed by atoms with Gasteiger partial charge in [0.15, 0.2) is 0 Å². The molecule has 0 atom stereocenters. The molecule has 1 amide bonds. The quantitative estimate of drug-likeness (QED) is 0.801. The van der Waals surface area contributed by atoms with Crippen molar-refractivity contribution in [3.8, 4) is 0 Å². The normalized spacial score (nSPS) is 18.1. The number of nitrogens with zero attached hydrogens (tertiary/aromatic N) is 1. The van der Waals surface area contributed by atoms with Crippen LogP contribution in [0.2, 0.25) is 0 Å². The molecule has 1 aliphatic rings. The van der Waals surface area contributed by atoms with Gasteiger partial charge in [0.25, 0.3) is 0 Å². The summed E-state index contributed by atoms with van der Waals surface area (Å²) in [6.07, 6.45) is 0.641. The smallest absolute Gasteiger partial charge is 0.245 e. The first-order valence-corrected chi connectivity index (χ1v) is 10.1. The lowest BCUT2D eigenvalue weighted by molar-refractivity contribution is -0.127. The van der Waals surface area contributed by atoms with E-state index in [1.165, 1.54) is 16.4 Å². The molecule has 0 saturated carbocycles. The van der Waals surface area contributed by atoms with Gasteiger partial charge in [-0.15, -0.1) is 0 Å². The van der Waals surface area contributed by atoms with Crippen LogP contribution in [0.25, 0.3) is 0 Å². The van der Waals surface area contributed by atoms with Crippen LogP contribution in [0.15, 0.2) is 24.3 Å². The van der Waals surface area contributed by atoms with Crippen LogP contribution in [0, 0.1) is 5.82 Å². The summed E-state index contributed by atoms with van der Waals surface area (Å²) in [5, 5.41) is 6.05. The highest BCUT2D eigenvalue weighted by atomic mass is 32.2. The monoisotopic (exact) mass is 371 g/mol. The molecule has 0 aromatic heterocycles. The van der Waals surface area contributed by atoms with Crippen molar-refractivity contribution in [2.75, 3.05) is 24.2 Å². The highest BCUT2D eigenvalue weighted by Crippen LogP contribution is 2.29. The van der Waals surface area contributed by atoms with Crippen LogP contribution in [-0.4, -0.2) is 49.1 Å². The lowest BCUT2D eigenvalue weighted by Gasteiger charge is -2.41. The fraction of sp³-hybridized carbons (Fsp3) is 0.588. The van der Waals surface area contributed by atoms with E-state index in [-0.39, 0.29) is 30.8 Å². The molecule has 25 heavy (non-hydrogen) atoms. The summed E-state index contributed by atoms with van der Waals surface area (Å²) in [6.45, 7) is 5.84. The van der Waals surface area contributed by atoms with Gasteiger partial charge in [-0.3, -0.25) is 4.79 Å². The van der Waals surface area contributed by atoms with Crippen LogP contribution < -0.4 is 10.6 Å². The Morgan fingerprint density at radius 3 is 2.48 bits per heavy atom. The summed E-state index contributed by atoms with van der Waals surface area (Å²) >= 11 is 0. The highest BCUT2D eigenvalue weighted by molar-refractivity contribution is 7.89. The Balaban J connectivity index is 2.24. The Hall–Kier alpha value is -1.67. The summed E-state index contributed by atoms with van der Waals surface area (Å²) in [6, 6.07) is 5.89. The third-order valence-electron chi connectivity index (χ3n) is 4.40. The van der Waals surface area contributed by atoms with Crippen molar-refractivity contribution in [2.24, 2.45) is 0 Å². The van der Waals surface area contributed by atoms with E-state index in [2.05, 4.69) is 10.6 Å². The number of anilines is 1. The first-order chi connectivity index (χ1) is 11.7. The number of rotatable bonds is 6. The number of benzene rings is 1. The van der Waals surface area contributed by atoms with Gasteiger partial charge in [-0.2, -0.15) is 0 Å². The average Bonchev–Trinajstić information content (AvgIpc) is 2.54. The highest BCUT2D eigenvalue weighted by Gasteiger charge is 2.43. The molecular formula is C17H26FN3O3S. The zero-order valence-corrected chi connectivity index (χ0v) is 15.7. The predicted molar refractivity (Wildman–Crippen MR) is 96.3 cm³/mol. The van der Waals surface area contributed by atoms with Gasteiger partial charge in [0.05, 0.1) is 5.75 Å². The lowest BCUT2D eigenvalue weighted by Crippen LogP contribution is -2.60. The minimum atomic E-state index is -3.29. The lowest BCUT2D eigenvalue weighted by atomic mass is 9.86. The number of hydrogen-bond acceptors (Lipinski definition) is 4. The minimum absolute atomic E-state index is 0.0372. The van der Waals surface area contributed by atoms with Crippen LogP contribution in [0.5, 0.6) is 0 Å². The summed E-state index contributed by atoms with van der Waals surface area (Å²) in [5.41, 5.74) is -0.455. The summed E-state index contributed by atoms with van der Waals surface area (Å²) in [7, 11) is -3.29. The molecule has 0 spiro atoms. The number of piperidine rings is 1. The SMILES string of the molecule is CCS(=O)(=O)N1CCC(Nc2cccc(F)c2)(C(=O)NC(C)C)CC1. The molecule has 140 valence electrons. The molecule has 1 saturated heterocycles. The second-order valence-electron chi connectivity index (χ2n) is 6.65. The van der Waals surface area contributed by atoms with Crippen molar-refractivity contribution in [1.82, 2.24) is 9.62 Å². The average molecular weight is 371 g/mol. The van der Waals surface area contributed by atoms with Gasteiger partial charge < -0.3 is 10.6 Å². The van der Waals surface area contributed by atoms with Crippen LogP contribution >= 0.6 is 0 Å². The number of carbonyl (C=O) groups is 1. The molecule has 1 aromatic carbocycles. The van der Waals surface area contributed by atoms with Crippen LogP contribution in [0.4, 0.5) is 10.1 Å². The van der Waals surface area contributed by atoms with Gasteiger partial charge >= 0.3 is 0 Å². The van der Waals surface area contributed by atoms with E-state index in [1.54, 1.807) is 19.1 Å². The maximum atomic E-state index is 13.5. The maximum absolute atomic E-state index is 13.5. The van der Waals surface area contributed by atoms with Crippen molar-refractivity contribution >= 4 is 21.6 Å². The molecule has 1 heterocycles. The van der Waals surface area contributed by atoms with Crippen molar-refractivity contribution in [3.63, 3.8) is 0 Å². The molecule has 0 aliphatic carbocycles. The van der Waals surface area contributed by atoms with Crippen molar-refractivity contribution in [3.05, 3.63) is 30.1 Å². The molecule has 1 aromatic rings. The third kappa shape index (κ3) is 4.70. The van der Waals surface area contributed by atoms with Gasteiger partial charge in [0.2, 0.25) is 15.9 Å². The van der Waals surface area contributed by atoms with Crippen LogP contribution in [-0.2, 0) is 14.8 Å². The number of hydrogen-bond donors (Lipinski definition) is 2. The molecule has 6 nitrogen and oxygen atoms in total. The summed E-state index contributed by atoms with van der Waals surface area (Å²) in [5.74, 6) is -0.550. The van der Waals surface area contributed by atoms with E-state index >= 15 is 0 Å². The first kappa shape index (κ1) is 19.7. The minimum Gasteiger partial charge on any atom is -0.371 e. The molecule has 2 N–H and O–H groups in total. The fourth-order valence-electron chi connectivity index (χ4n) is 2.98. The molecule has 0 bridgehead atoms. The largest absolute Gasteiger partial charge is 0.371 e. The molecular weight excluding hydrogens is 345 g/mol. The summed E-state index contributed by atoms with van der Waals surface area (Å²) < 4.78 is 39.1. The Labute approximate surface area is 148 Å². The van der Waals surface area contributed by atoms with E-state index in [1.807, 2.05) is 13.8 Å². The van der Waals surface area contributed by atoms with Gasteiger partial charge in [-0.05, 0) is 51.8 Å². The molecule has 1 aliphatic heterocycles. The number of nitrogens with one attached hydrogen (secondary N) is 2. The zero-order chi connectivity index (χ0) is 18.7. The molecule has 0 radical (unpaired) electrons. The van der Waals surface area contributed by atoms with E-state index in [4.69, 9.17) is 0 Å². The van der Waals surface area contributed by atoms with E-state index in [0.717, 1.165) is 0 Å². The molecule has 2 rings (SSSR count). The Bertz CT molecular complexity index is 714. The third-order valence-corrected chi connectivity index (χ3v) is 6.28. The second-order valence-corrected chi connectivity index (χ2v) is 8.90. The van der Waals surface area contributed by atoms with E-state index < -0.39 is 21.4 Å². The maximum Gasteiger partial charge on any atom is 0.245 e. The van der Waals surface area contributed by atoms with Crippen LogP contribution in [0.1, 0.15) is 33.6 Å². The number of halogens is 1. The molecule has 8 heteroatoms. The van der Waals surface area contributed by atoms with E-state index in [9.17, 15) is 17.6 Å². The van der Waals surface area contributed by atoms with Gasteiger partial charge in [-0.1, -0.05) is 6.07 Å². The summed E-state index contributed by atoms with van der Waals surface area (Å²) in [4.78, 5) is 12.8. The fourth-order valence-corrected chi connectivity index (χ4v) is 4.08. The second kappa shape index (κ2) is 7.70. The number of sulfonamides is 1. The molecule has 0 unspecified atom stereocenters. The van der Waals surface area contributed by atoms with Crippen molar-refractivity contribution in [1.29, 1.82) is 0 Å². The van der Waals surface area contributed by atoms with Gasteiger partial charge in [0.1, 0.15) is 11.4 Å². The number of carbonyl (C=O) groups excluding carboxylic acids is 1. The predicted octanol–water partition coefficient (Wildman–Crippen LogP) is 1.95. The van der Waals surface area contributed by atoms with Gasteiger partial charge in [-0.25, -0.2) is 17.1 Å². The van der Waals surface area contributed by atoms with Crippen molar-refractivity contribution in [2.45, 2.75) is 45.2 Å². The molecule has 1 fully saturated rings. The van der Waals surface area contributed by atoms with Gasteiger partial charge in [0, 0.05) is 24.8 Å². The Morgan fingerprint density at radius 2 is 1.96 bits per heavy atom. The van der Waals surface area contributed by atoms with Crippen molar-refractivity contribution < 1.29 is 17.6 Å². The van der Waals surface area contributed by atoms with E-state index in [0.29, 0.717) is 18.5 Å². The Kier molecular flexibility index (Phi) is 6.05. The topological polar surface area (TPSA) is 78.5 Å². The zero-order valence-electron chi connectivity index (χ0n) is 14.9. The Morgan fingerprint density at radius 1 is 1.32 bits per heavy atom. The number of amides is 1. The first-order valence-electron chi connectivity index (χ1n) is 8.51. The standard InChI is InChI=1S/C17H26FN3O3S/c1-4-25(23,24)21-10-8-17(9-11-21,16(22)19-13(2)3)20-15-7-5-6-14(18)12-15/h5-7,12-13,20H,4,8-11H2,1-3H3,(H,19,22).